The molecule has 1 aliphatic rings. The molecule has 0 saturated carbocycles. The fourth-order valence-electron chi connectivity index (χ4n) is 5.70. The zero-order chi connectivity index (χ0) is 28.6. The minimum atomic E-state index is -0.275. The van der Waals surface area contributed by atoms with Crippen LogP contribution in [0, 0.1) is 0 Å². The lowest BCUT2D eigenvalue weighted by Crippen LogP contribution is -2.33. The molecule has 1 atom stereocenters. The molecule has 1 aromatic heterocycles. The van der Waals surface area contributed by atoms with E-state index >= 15 is 0 Å². The summed E-state index contributed by atoms with van der Waals surface area (Å²) in [6, 6.07) is 52.3. The van der Waals surface area contributed by atoms with E-state index in [1.165, 1.54) is 11.1 Å². The Morgan fingerprint density at radius 1 is 0.465 bits per heavy atom. The molecule has 8 rings (SSSR count). The first-order chi connectivity index (χ1) is 21.3. The highest BCUT2D eigenvalue weighted by atomic mass is 16.3. The third-order valence-electron chi connectivity index (χ3n) is 7.98. The van der Waals surface area contributed by atoms with Crippen LogP contribution in [0.2, 0.25) is 0 Å². The summed E-state index contributed by atoms with van der Waals surface area (Å²) in [5.74, 6) is 1.52. The van der Waals surface area contributed by atoms with Crippen LogP contribution in [0.1, 0.15) is 22.9 Å². The molecule has 0 amide bonds. The fraction of sp³-hybridized carbons (Fsp3) is 0.0256. The van der Waals surface area contributed by atoms with E-state index in [0.717, 1.165) is 55.6 Å². The Balaban J connectivity index is 1.12. The van der Waals surface area contributed by atoms with Crippen molar-refractivity contribution in [1.29, 1.82) is 0 Å². The Kier molecular flexibility index (Phi) is 6.16. The molecule has 0 bridgehead atoms. The van der Waals surface area contributed by atoms with Gasteiger partial charge in [0.1, 0.15) is 23.2 Å². The van der Waals surface area contributed by atoms with Gasteiger partial charge in [0.25, 0.3) is 0 Å². The van der Waals surface area contributed by atoms with Gasteiger partial charge in [0.2, 0.25) is 0 Å². The Morgan fingerprint density at radius 2 is 1.02 bits per heavy atom. The molecule has 4 nitrogen and oxygen atoms in total. The van der Waals surface area contributed by atoms with Crippen molar-refractivity contribution in [2.75, 3.05) is 0 Å². The van der Waals surface area contributed by atoms with Gasteiger partial charge in [0.15, 0.2) is 5.84 Å². The predicted molar refractivity (Wildman–Crippen MR) is 176 cm³/mol. The Morgan fingerprint density at radius 3 is 1.79 bits per heavy atom. The van der Waals surface area contributed by atoms with Crippen LogP contribution in [0.3, 0.4) is 0 Å². The Hall–Kier alpha value is -5.74. The van der Waals surface area contributed by atoms with Gasteiger partial charge in [0.05, 0.1) is 0 Å². The maximum Gasteiger partial charge on any atom is 0.159 e. The van der Waals surface area contributed by atoms with Crippen molar-refractivity contribution in [3.63, 3.8) is 0 Å². The molecular formula is C39H27N3O. The lowest BCUT2D eigenvalue weighted by molar-refractivity contribution is 0.669. The fourth-order valence-corrected chi connectivity index (χ4v) is 5.70. The van der Waals surface area contributed by atoms with Gasteiger partial charge in [-0.1, -0.05) is 133 Å². The van der Waals surface area contributed by atoms with Gasteiger partial charge in [0, 0.05) is 21.9 Å². The monoisotopic (exact) mass is 553 g/mol. The number of nitrogens with one attached hydrogen (secondary N) is 1. The predicted octanol–water partition coefficient (Wildman–Crippen LogP) is 9.42. The first-order valence-corrected chi connectivity index (χ1v) is 14.4. The van der Waals surface area contributed by atoms with Crippen molar-refractivity contribution in [2.45, 2.75) is 6.17 Å². The summed E-state index contributed by atoms with van der Waals surface area (Å²) in [7, 11) is 0. The van der Waals surface area contributed by atoms with E-state index in [4.69, 9.17) is 14.4 Å². The highest BCUT2D eigenvalue weighted by Gasteiger charge is 2.21. The summed E-state index contributed by atoms with van der Waals surface area (Å²) in [6.07, 6.45) is -0.275. The molecule has 7 aromatic rings. The van der Waals surface area contributed by atoms with E-state index in [9.17, 15) is 0 Å². The summed E-state index contributed by atoms with van der Waals surface area (Å²) in [5.41, 5.74) is 9.47. The van der Waals surface area contributed by atoms with Crippen LogP contribution in [-0.2, 0) is 0 Å². The summed E-state index contributed by atoms with van der Waals surface area (Å²) >= 11 is 0. The highest BCUT2D eigenvalue weighted by molar-refractivity contribution is 6.13. The van der Waals surface area contributed by atoms with Crippen LogP contribution in [-0.4, -0.2) is 11.7 Å². The van der Waals surface area contributed by atoms with E-state index in [2.05, 4.69) is 115 Å². The maximum atomic E-state index is 6.13. The topological polar surface area (TPSA) is 49.9 Å². The standard InChI is InChI=1S/C39H27N3O/c1-3-9-26(10-4-1)27-15-19-30(20-16-27)38-40-37(29-11-5-2-6-12-29)41-39(42-38)31-21-17-28(18-22-31)32-23-24-34-33-13-7-8-14-35(33)43-36(34)25-32/h1-25,39H,(H,40,41,42). The van der Waals surface area contributed by atoms with Crippen LogP contribution in [0.15, 0.2) is 166 Å². The molecule has 0 fully saturated rings. The number of para-hydroxylation sites is 1. The lowest BCUT2D eigenvalue weighted by Gasteiger charge is -2.24. The minimum absolute atomic E-state index is 0.275. The lowest BCUT2D eigenvalue weighted by atomic mass is 10.0. The molecular weight excluding hydrogens is 526 g/mol. The van der Waals surface area contributed by atoms with Crippen molar-refractivity contribution in [3.05, 3.63) is 168 Å². The molecule has 43 heavy (non-hydrogen) atoms. The van der Waals surface area contributed by atoms with Gasteiger partial charge in [-0.15, -0.1) is 0 Å². The van der Waals surface area contributed by atoms with Crippen LogP contribution in [0.4, 0.5) is 0 Å². The second-order valence-corrected chi connectivity index (χ2v) is 10.7. The van der Waals surface area contributed by atoms with Gasteiger partial charge < -0.3 is 9.73 Å². The number of amidine groups is 2. The molecule has 1 N–H and O–H groups in total. The molecule has 4 heteroatoms. The third kappa shape index (κ3) is 4.79. The van der Waals surface area contributed by atoms with Crippen molar-refractivity contribution in [1.82, 2.24) is 5.32 Å². The van der Waals surface area contributed by atoms with Gasteiger partial charge in [-0.2, -0.15) is 0 Å². The van der Waals surface area contributed by atoms with Gasteiger partial charge >= 0.3 is 0 Å². The van der Waals surface area contributed by atoms with Gasteiger partial charge in [-0.25, -0.2) is 9.98 Å². The van der Waals surface area contributed by atoms with E-state index in [1.54, 1.807) is 0 Å². The van der Waals surface area contributed by atoms with Gasteiger partial charge in [-0.05, 0) is 46.0 Å². The number of rotatable bonds is 5. The van der Waals surface area contributed by atoms with Gasteiger partial charge in [-0.3, -0.25) is 0 Å². The van der Waals surface area contributed by atoms with E-state index in [0.29, 0.717) is 5.84 Å². The number of benzene rings is 6. The normalized spacial score (nSPS) is 14.7. The second kappa shape index (κ2) is 10.6. The summed E-state index contributed by atoms with van der Waals surface area (Å²) in [5, 5.41) is 5.84. The molecule has 0 radical (unpaired) electrons. The molecule has 1 unspecified atom stereocenters. The maximum absolute atomic E-state index is 6.13. The zero-order valence-corrected chi connectivity index (χ0v) is 23.3. The number of furan rings is 1. The molecule has 6 aromatic carbocycles. The number of hydrogen-bond acceptors (Lipinski definition) is 4. The molecule has 1 aliphatic heterocycles. The number of nitrogens with zero attached hydrogens (tertiary/aromatic N) is 2. The SMILES string of the molecule is c1ccc(C2=NC(c3ccc(-c4ccccc4)cc3)=NC(c3ccc(-c4ccc5c(c4)oc4ccccc45)cc3)N2)cc1. The average Bonchev–Trinajstić information content (AvgIpc) is 3.47. The number of hydrogen-bond donors (Lipinski definition) is 1. The first-order valence-electron chi connectivity index (χ1n) is 14.4. The van der Waals surface area contributed by atoms with E-state index < -0.39 is 0 Å². The summed E-state index contributed by atoms with van der Waals surface area (Å²) in [4.78, 5) is 10.0. The van der Waals surface area contributed by atoms with Crippen molar-refractivity contribution in [2.24, 2.45) is 9.98 Å². The van der Waals surface area contributed by atoms with Crippen LogP contribution < -0.4 is 5.32 Å². The minimum Gasteiger partial charge on any atom is -0.456 e. The molecule has 0 saturated heterocycles. The second-order valence-electron chi connectivity index (χ2n) is 10.7. The quantitative estimate of drug-likeness (QED) is 0.231. The summed E-state index contributed by atoms with van der Waals surface area (Å²) in [6.45, 7) is 0. The Bertz CT molecular complexity index is 2130. The summed E-state index contributed by atoms with van der Waals surface area (Å²) < 4.78 is 6.13. The van der Waals surface area contributed by atoms with Crippen LogP contribution in [0.25, 0.3) is 44.2 Å². The third-order valence-corrected chi connectivity index (χ3v) is 7.98. The molecule has 0 spiro atoms. The number of aliphatic imine (C=N–C) groups is 2. The largest absolute Gasteiger partial charge is 0.456 e. The van der Waals surface area contributed by atoms with Crippen molar-refractivity contribution in [3.8, 4) is 22.3 Å². The first kappa shape index (κ1) is 25.0. The Labute approximate surface area is 249 Å². The molecule has 0 aliphatic carbocycles. The number of fused-ring (bicyclic) bond motifs is 3. The van der Waals surface area contributed by atoms with E-state index in [1.807, 2.05) is 42.5 Å². The average molecular weight is 554 g/mol. The van der Waals surface area contributed by atoms with Crippen molar-refractivity contribution < 1.29 is 4.42 Å². The zero-order valence-electron chi connectivity index (χ0n) is 23.3. The smallest absolute Gasteiger partial charge is 0.159 e. The molecule has 2 heterocycles. The highest BCUT2D eigenvalue weighted by Crippen LogP contribution is 2.33. The van der Waals surface area contributed by atoms with Crippen LogP contribution >= 0.6 is 0 Å². The van der Waals surface area contributed by atoms with Crippen LogP contribution in [0.5, 0.6) is 0 Å². The molecule has 204 valence electrons. The van der Waals surface area contributed by atoms with Crippen molar-refractivity contribution >= 4 is 33.6 Å². The van der Waals surface area contributed by atoms with E-state index in [-0.39, 0.29) is 6.17 Å².